The smallest absolute Gasteiger partial charge is 0.126 e. The fraction of sp³-hybridized carbons (Fsp3) is 0.241. The van der Waals surface area contributed by atoms with Gasteiger partial charge in [-0.25, -0.2) is 0 Å². The van der Waals surface area contributed by atoms with Crippen LogP contribution < -0.4 is 10.1 Å². The second-order valence-corrected chi connectivity index (χ2v) is 8.19. The highest BCUT2D eigenvalue weighted by molar-refractivity contribution is 5.71. The van der Waals surface area contributed by atoms with E-state index in [1.807, 2.05) is 18.2 Å². The molecule has 0 fully saturated rings. The molecule has 0 aliphatic carbocycles. The van der Waals surface area contributed by atoms with Gasteiger partial charge < -0.3 is 10.1 Å². The maximum Gasteiger partial charge on any atom is 0.126 e. The van der Waals surface area contributed by atoms with Crippen molar-refractivity contribution in [3.63, 3.8) is 0 Å². The van der Waals surface area contributed by atoms with E-state index >= 15 is 0 Å². The molecule has 0 saturated heterocycles. The Balaban J connectivity index is 2.05. The molecular weight excluding hydrogens is 378 g/mol. The lowest BCUT2D eigenvalue weighted by molar-refractivity contribution is 0.416. The molecule has 2 nitrogen and oxygen atoms in total. The van der Waals surface area contributed by atoms with Gasteiger partial charge in [-0.1, -0.05) is 92.7 Å². The Morgan fingerprint density at radius 2 is 1.65 bits per heavy atom. The van der Waals surface area contributed by atoms with Crippen LogP contribution in [0.25, 0.3) is 11.1 Å². The predicted octanol–water partition coefficient (Wildman–Crippen LogP) is 7.47. The zero-order valence-electron chi connectivity index (χ0n) is 19.3. The zero-order valence-corrected chi connectivity index (χ0v) is 19.3. The van der Waals surface area contributed by atoms with Gasteiger partial charge in [-0.05, 0) is 54.2 Å². The molecule has 1 N–H and O–H groups in total. The van der Waals surface area contributed by atoms with Gasteiger partial charge in [0.25, 0.3) is 0 Å². The summed E-state index contributed by atoms with van der Waals surface area (Å²) in [4.78, 5) is 0. The van der Waals surface area contributed by atoms with Crippen molar-refractivity contribution in [2.45, 2.75) is 33.7 Å². The molecule has 0 aromatic heterocycles. The zero-order chi connectivity index (χ0) is 22.4. The lowest BCUT2D eigenvalue weighted by Gasteiger charge is -2.25. The summed E-state index contributed by atoms with van der Waals surface area (Å²) in [6, 6.07) is 25.5. The molecule has 0 bridgehead atoms. The Morgan fingerprint density at radius 1 is 0.935 bits per heavy atom. The summed E-state index contributed by atoms with van der Waals surface area (Å²) in [5.74, 6) is 1.28. The van der Waals surface area contributed by atoms with Crippen LogP contribution in [0.5, 0.6) is 5.75 Å². The van der Waals surface area contributed by atoms with E-state index in [-0.39, 0.29) is 6.04 Å². The third-order valence-corrected chi connectivity index (χ3v) is 5.65. The number of hydrogen-bond acceptors (Lipinski definition) is 2. The van der Waals surface area contributed by atoms with E-state index in [0.29, 0.717) is 5.92 Å². The molecule has 1 atom stereocenters. The van der Waals surface area contributed by atoms with Crippen molar-refractivity contribution in [1.29, 1.82) is 0 Å². The van der Waals surface area contributed by atoms with Gasteiger partial charge in [0, 0.05) is 11.3 Å². The van der Waals surface area contributed by atoms with Crippen molar-refractivity contribution < 1.29 is 4.74 Å². The van der Waals surface area contributed by atoms with Crippen molar-refractivity contribution in [3.8, 4) is 16.9 Å². The van der Waals surface area contributed by atoms with Gasteiger partial charge >= 0.3 is 0 Å². The molecular formula is C29H33NO. The van der Waals surface area contributed by atoms with Crippen LogP contribution in [0.15, 0.2) is 96.7 Å². The molecule has 0 spiro atoms. The lowest BCUT2D eigenvalue weighted by Crippen LogP contribution is -2.23. The monoisotopic (exact) mass is 411 g/mol. The molecule has 1 unspecified atom stereocenters. The second kappa shape index (κ2) is 10.2. The third-order valence-electron chi connectivity index (χ3n) is 5.65. The minimum atomic E-state index is -0.00328. The lowest BCUT2D eigenvalue weighted by atomic mass is 9.93. The molecule has 0 aliphatic heterocycles. The minimum Gasteiger partial charge on any atom is -0.496 e. The average molecular weight is 412 g/mol. The van der Waals surface area contributed by atoms with E-state index in [4.69, 9.17) is 4.74 Å². The van der Waals surface area contributed by atoms with Crippen LogP contribution in [0.4, 0.5) is 0 Å². The summed E-state index contributed by atoms with van der Waals surface area (Å²) in [5.41, 5.74) is 8.07. The van der Waals surface area contributed by atoms with Crippen molar-refractivity contribution in [3.05, 3.63) is 113 Å². The number of aryl methyl sites for hydroxylation is 1. The Labute approximate surface area is 187 Å². The largest absolute Gasteiger partial charge is 0.496 e. The number of nitrogens with one attached hydrogen (secondary N) is 1. The third kappa shape index (κ3) is 5.27. The minimum absolute atomic E-state index is 0.00328. The second-order valence-electron chi connectivity index (χ2n) is 8.19. The van der Waals surface area contributed by atoms with Crippen LogP contribution in [0.2, 0.25) is 0 Å². The molecule has 160 valence electrons. The Hall–Kier alpha value is -3.26. The highest BCUT2D eigenvalue weighted by atomic mass is 16.5. The number of benzene rings is 3. The average Bonchev–Trinajstić information content (AvgIpc) is 2.78. The van der Waals surface area contributed by atoms with Crippen molar-refractivity contribution >= 4 is 0 Å². The molecule has 0 radical (unpaired) electrons. The molecule has 0 amide bonds. The predicted molar refractivity (Wildman–Crippen MR) is 132 cm³/mol. The quantitative estimate of drug-likeness (QED) is 0.388. The van der Waals surface area contributed by atoms with Gasteiger partial charge in [-0.15, -0.1) is 0 Å². The normalized spacial score (nSPS) is 12.5. The number of allylic oxidation sites excluding steroid dienone is 2. The molecule has 3 aromatic carbocycles. The summed E-state index contributed by atoms with van der Waals surface area (Å²) in [6.45, 7) is 13.0. The molecule has 0 aliphatic rings. The molecule has 0 heterocycles. The first kappa shape index (κ1) is 22.4. The van der Waals surface area contributed by atoms with Crippen LogP contribution in [0.3, 0.4) is 0 Å². The van der Waals surface area contributed by atoms with Gasteiger partial charge in [0.15, 0.2) is 0 Å². The van der Waals surface area contributed by atoms with Gasteiger partial charge in [-0.3, -0.25) is 0 Å². The van der Waals surface area contributed by atoms with E-state index in [9.17, 15) is 0 Å². The van der Waals surface area contributed by atoms with Gasteiger partial charge in [0.2, 0.25) is 0 Å². The Kier molecular flexibility index (Phi) is 7.36. The van der Waals surface area contributed by atoms with Crippen LogP contribution in [0, 0.1) is 12.8 Å². The first-order chi connectivity index (χ1) is 14.9. The Bertz CT molecular complexity index is 1060. The molecule has 31 heavy (non-hydrogen) atoms. The fourth-order valence-electron chi connectivity index (χ4n) is 4.00. The van der Waals surface area contributed by atoms with Crippen molar-refractivity contribution in [2.24, 2.45) is 5.92 Å². The maximum absolute atomic E-state index is 5.60. The summed E-state index contributed by atoms with van der Waals surface area (Å²) in [6.07, 6.45) is 2.15. The molecule has 3 aromatic rings. The maximum atomic E-state index is 5.60. The SMILES string of the molecule is C=C(NC(c1ccc(C)cc1)c1cccc(-c2ccccc2OC)c1)/C(=C\C)C(C)C. The van der Waals surface area contributed by atoms with Crippen LogP contribution in [-0.4, -0.2) is 7.11 Å². The van der Waals surface area contributed by atoms with Crippen LogP contribution in [-0.2, 0) is 0 Å². The summed E-state index contributed by atoms with van der Waals surface area (Å²) < 4.78 is 5.60. The van der Waals surface area contributed by atoms with Crippen LogP contribution in [0.1, 0.15) is 43.5 Å². The topological polar surface area (TPSA) is 21.3 Å². The van der Waals surface area contributed by atoms with Crippen LogP contribution >= 0.6 is 0 Å². The summed E-state index contributed by atoms with van der Waals surface area (Å²) in [7, 11) is 1.72. The van der Waals surface area contributed by atoms with E-state index < -0.39 is 0 Å². The standard InChI is InChI=1S/C29H33NO/c1-7-26(20(2)3)22(5)30-29(23-17-15-21(4)16-18-23)25-12-10-11-24(19-25)27-13-8-9-14-28(27)31-6/h7-20,29-30H,5H2,1-4,6H3/b26-7-. The van der Waals surface area contributed by atoms with Gasteiger partial charge in [-0.2, -0.15) is 0 Å². The van der Waals surface area contributed by atoms with Crippen molar-refractivity contribution in [2.75, 3.05) is 7.11 Å². The number of rotatable bonds is 8. The Morgan fingerprint density at radius 3 is 2.29 bits per heavy atom. The highest BCUT2D eigenvalue weighted by Crippen LogP contribution is 2.33. The molecule has 0 saturated carbocycles. The number of hydrogen-bond donors (Lipinski definition) is 1. The summed E-state index contributed by atoms with van der Waals surface area (Å²) >= 11 is 0. The number of ether oxygens (including phenoxy) is 1. The number of para-hydroxylation sites is 1. The summed E-state index contributed by atoms with van der Waals surface area (Å²) in [5, 5.41) is 3.71. The molecule has 2 heteroatoms. The highest BCUT2D eigenvalue weighted by Gasteiger charge is 2.18. The van der Waals surface area contributed by atoms with Crippen molar-refractivity contribution in [1.82, 2.24) is 5.32 Å². The first-order valence-corrected chi connectivity index (χ1v) is 10.9. The number of methoxy groups -OCH3 is 1. The van der Waals surface area contributed by atoms with Gasteiger partial charge in [0.1, 0.15) is 5.75 Å². The molecule has 3 rings (SSSR count). The van der Waals surface area contributed by atoms with E-state index in [0.717, 1.165) is 22.6 Å². The first-order valence-electron chi connectivity index (χ1n) is 10.9. The van der Waals surface area contributed by atoms with E-state index in [1.165, 1.54) is 22.3 Å². The van der Waals surface area contributed by atoms with E-state index in [2.05, 4.69) is 100 Å². The van der Waals surface area contributed by atoms with Gasteiger partial charge in [0.05, 0.1) is 13.2 Å². The van der Waals surface area contributed by atoms with E-state index in [1.54, 1.807) is 7.11 Å². The fourth-order valence-corrected chi connectivity index (χ4v) is 4.00.